The van der Waals surface area contributed by atoms with Crippen LogP contribution in [0.25, 0.3) is 21.5 Å². The Balaban J connectivity index is 0.651. The van der Waals surface area contributed by atoms with Gasteiger partial charge in [0.1, 0.15) is 36.4 Å². The highest BCUT2D eigenvalue weighted by Gasteiger charge is 2.49. The summed E-state index contributed by atoms with van der Waals surface area (Å²) in [6, 6.07) is 25.3. The summed E-state index contributed by atoms with van der Waals surface area (Å²) < 4.78 is 56.3. The number of hydrogen-bond donors (Lipinski definition) is 9. The number of Topliss-reactive ketones (excluding diaryl/α,β-unsaturated/α-hetero) is 1. The Labute approximate surface area is 711 Å². The van der Waals surface area contributed by atoms with Gasteiger partial charge in [0.2, 0.25) is 29.9 Å². The van der Waals surface area contributed by atoms with E-state index < -0.39 is 95.7 Å². The zero-order valence-electron chi connectivity index (χ0n) is 66.8. The number of carboxylic acid groups (broad SMARTS) is 1. The number of fused-ring (bicyclic) bond motifs is 6. The molecule has 10 rings (SSSR count). The molecule has 120 heavy (non-hydrogen) atoms. The molecule has 0 saturated carbocycles. The molecule has 650 valence electrons. The number of carbonyl (C=O) groups is 11. The molecular formula is C82H101Cl2N9O25S2. The molecule has 4 aliphatic heterocycles. The van der Waals surface area contributed by atoms with Crippen LogP contribution >= 0.6 is 47.2 Å². The number of nitrogens with one attached hydrogen (secondary N) is 3. The highest BCUT2D eigenvalue weighted by Crippen LogP contribution is 2.49. The Hall–Kier alpha value is -9.38. The molecule has 2 saturated heterocycles. The maximum Gasteiger partial charge on any atom is 0.415 e. The third kappa shape index (κ3) is 24.3. The van der Waals surface area contributed by atoms with Crippen molar-refractivity contribution in [1.29, 1.82) is 0 Å². The van der Waals surface area contributed by atoms with Crippen molar-refractivity contribution in [3.8, 4) is 11.5 Å². The number of carbonyl (C=O) groups excluding carboxylic acids is 10. The summed E-state index contributed by atoms with van der Waals surface area (Å²) in [5, 5.41) is 51.5. The number of alkyl halides is 2. The predicted molar refractivity (Wildman–Crippen MR) is 444 cm³/mol. The Kier molecular flexibility index (Phi) is 34.8. The number of ether oxygens (including phenoxy) is 10. The van der Waals surface area contributed by atoms with Crippen molar-refractivity contribution >= 4 is 151 Å². The van der Waals surface area contributed by atoms with Gasteiger partial charge in [0.25, 0.3) is 11.8 Å². The van der Waals surface area contributed by atoms with E-state index in [1.807, 2.05) is 12.1 Å². The molecule has 0 bridgehead atoms. The SMILES string of the molecule is CC(C)[C@H](NC(=O)CCOCCOCCOCCOCCOCCOCCN1C(=O)CC(S)C1=O)C(=O)C[C@@H](CCCNC(N)=O)C(=O)Nc1ccc(COC(=O)N(C)CCN(C)C(=O)Oc2cc3c(c4ccccc24)[C@H](CCl)CN3C(=O)c2ccc(C(=O)N3C[C@@H](CCl)c4c3cc(O[C@@H]3OC(C(=O)O)[C@@H](O)C(O)[C@@H]3O)c3ccccc43)s2)cc1. The fourth-order valence-electron chi connectivity index (χ4n) is 14.1. The van der Waals surface area contributed by atoms with Crippen molar-refractivity contribution in [2.45, 2.75) is 106 Å². The van der Waals surface area contributed by atoms with Crippen LogP contribution < -0.4 is 41.0 Å². The number of thiol groups is 1. The number of anilines is 3. The van der Waals surface area contributed by atoms with Crippen molar-refractivity contribution < 1.29 is 121 Å². The first-order valence-electron chi connectivity index (χ1n) is 39.3. The zero-order valence-corrected chi connectivity index (χ0v) is 70.0. The van der Waals surface area contributed by atoms with Gasteiger partial charge in [-0.2, -0.15) is 12.6 Å². The van der Waals surface area contributed by atoms with E-state index in [1.54, 1.807) is 92.7 Å². The number of rotatable bonds is 45. The van der Waals surface area contributed by atoms with Crippen LogP contribution in [-0.4, -0.2) is 287 Å². The third-order valence-corrected chi connectivity index (χ3v) is 22.8. The fourth-order valence-corrected chi connectivity index (χ4v) is 15.8. The number of halogens is 2. The molecular weight excluding hydrogens is 1650 g/mol. The van der Waals surface area contributed by atoms with Gasteiger partial charge in [-0.05, 0) is 70.5 Å². The molecule has 34 nitrogen and oxygen atoms in total. The van der Waals surface area contributed by atoms with Crippen molar-refractivity contribution in [1.82, 2.24) is 25.3 Å². The molecule has 5 aromatic carbocycles. The summed E-state index contributed by atoms with van der Waals surface area (Å²) in [5.41, 5.74) is 8.50. The Bertz CT molecular complexity index is 4610. The summed E-state index contributed by atoms with van der Waals surface area (Å²) in [6.45, 7) is 7.43. The topological polar surface area (TPSA) is 439 Å². The number of amides is 10. The maximum absolute atomic E-state index is 14.9. The quantitative estimate of drug-likeness (QED) is 0.00837. The van der Waals surface area contributed by atoms with Gasteiger partial charge in [0.05, 0.1) is 118 Å². The summed E-state index contributed by atoms with van der Waals surface area (Å²) in [6.07, 6.45) is -10.6. The smallest absolute Gasteiger partial charge is 0.415 e. The lowest BCUT2D eigenvalue weighted by Gasteiger charge is -2.38. The maximum atomic E-state index is 14.9. The molecule has 4 aliphatic rings. The number of aliphatic hydroxyl groups excluding tert-OH is 3. The Morgan fingerprint density at radius 2 is 1.17 bits per heavy atom. The van der Waals surface area contributed by atoms with Gasteiger partial charge >= 0.3 is 24.2 Å². The molecule has 10 amide bonds. The molecule has 0 radical (unpaired) electrons. The monoisotopic (exact) mass is 1750 g/mol. The van der Waals surface area contributed by atoms with Crippen molar-refractivity contribution in [2.75, 3.05) is 160 Å². The number of carboxylic acids is 1. The minimum atomic E-state index is -1.96. The second-order valence-electron chi connectivity index (χ2n) is 29.3. The van der Waals surface area contributed by atoms with E-state index in [1.165, 1.54) is 39.8 Å². The number of hydrogen-bond acceptors (Lipinski definition) is 26. The number of benzene rings is 5. The highest BCUT2D eigenvalue weighted by molar-refractivity contribution is 7.81. The second kappa shape index (κ2) is 45.0. The Morgan fingerprint density at radius 1 is 0.658 bits per heavy atom. The van der Waals surface area contributed by atoms with E-state index in [4.69, 9.17) is 76.3 Å². The van der Waals surface area contributed by atoms with Crippen molar-refractivity contribution in [2.24, 2.45) is 17.6 Å². The number of ketones is 1. The van der Waals surface area contributed by atoms with Crippen molar-refractivity contribution in [3.63, 3.8) is 0 Å². The van der Waals surface area contributed by atoms with Crippen LogP contribution in [0, 0.1) is 11.8 Å². The van der Waals surface area contributed by atoms with E-state index >= 15 is 0 Å². The van der Waals surface area contributed by atoms with E-state index in [0.29, 0.717) is 109 Å². The van der Waals surface area contributed by atoms with Crippen LogP contribution in [0.4, 0.5) is 31.4 Å². The first-order chi connectivity index (χ1) is 57.7. The molecule has 2 fully saturated rings. The second-order valence-corrected chi connectivity index (χ2v) is 31.7. The van der Waals surface area contributed by atoms with Crippen LogP contribution in [0.5, 0.6) is 11.5 Å². The lowest BCUT2D eigenvalue weighted by atomic mass is 9.89. The predicted octanol–water partition coefficient (Wildman–Crippen LogP) is 6.64. The number of aliphatic carboxylic acids is 1. The molecule has 0 spiro atoms. The summed E-state index contributed by atoms with van der Waals surface area (Å²) in [4.78, 5) is 152. The van der Waals surface area contributed by atoms with Crippen LogP contribution in [0.15, 0.2) is 97.1 Å². The number of likely N-dealkylation sites (N-methyl/N-ethyl adjacent to an activating group) is 2. The lowest BCUT2D eigenvalue weighted by molar-refractivity contribution is -0.270. The first-order valence-corrected chi connectivity index (χ1v) is 41.7. The minimum absolute atomic E-state index is 0.00301. The van der Waals surface area contributed by atoms with E-state index in [0.717, 1.165) is 21.8 Å². The average Bonchev–Trinajstić information content (AvgIpc) is 1.57. The molecule has 38 heteroatoms. The highest BCUT2D eigenvalue weighted by atomic mass is 35.5. The number of imide groups is 1. The largest absolute Gasteiger partial charge is 0.479 e. The number of thiophene rings is 1. The van der Waals surface area contributed by atoms with Gasteiger partial charge in [0, 0.05) is 124 Å². The normalized spacial score (nSPS) is 19.3. The average molecular weight is 1750 g/mol. The van der Waals surface area contributed by atoms with E-state index in [-0.39, 0.29) is 166 Å². The van der Waals surface area contributed by atoms with Crippen LogP contribution in [0.2, 0.25) is 0 Å². The number of likely N-dealkylation sites (tertiary alicyclic amines) is 1. The third-order valence-electron chi connectivity index (χ3n) is 20.6. The number of primary amides is 1. The fraction of sp³-hybridized carbons (Fsp3) is 0.500. The van der Waals surface area contributed by atoms with E-state index in [9.17, 15) is 73.2 Å². The number of nitrogens with zero attached hydrogens (tertiary/aromatic N) is 5. The zero-order chi connectivity index (χ0) is 86.3. The summed E-state index contributed by atoms with van der Waals surface area (Å²) >= 11 is 18.3. The molecule has 9 N–H and O–H groups in total. The lowest BCUT2D eigenvalue weighted by Crippen LogP contribution is -2.61. The number of aliphatic hydroxyl groups is 3. The van der Waals surface area contributed by atoms with Gasteiger partial charge in [-0.25, -0.2) is 19.2 Å². The van der Waals surface area contributed by atoms with Gasteiger partial charge in [-0.3, -0.25) is 38.5 Å². The van der Waals surface area contributed by atoms with Crippen LogP contribution in [0.3, 0.4) is 0 Å². The molecule has 10 atom stereocenters. The van der Waals surface area contributed by atoms with Gasteiger partial charge in [-0.15, -0.1) is 34.5 Å². The molecule has 1 aromatic heterocycles. The minimum Gasteiger partial charge on any atom is -0.479 e. The Morgan fingerprint density at radius 3 is 1.68 bits per heavy atom. The molecule has 6 aromatic rings. The van der Waals surface area contributed by atoms with Crippen molar-refractivity contribution in [3.05, 3.63) is 124 Å². The van der Waals surface area contributed by atoms with Gasteiger partial charge in [0.15, 0.2) is 11.9 Å². The van der Waals surface area contributed by atoms with Gasteiger partial charge in [-0.1, -0.05) is 74.5 Å². The van der Waals surface area contributed by atoms with Crippen LogP contribution in [-0.2, 0) is 73.3 Å². The standard InChI is InChI=1S/C82H101Cl2N9O25S2/c1-47(2)69(88-65(95)21-26-109-28-30-111-32-34-113-36-37-114-35-33-112-31-29-110-27-25-91-66(96)41-62(119)75(91)101)59(94)38-49(10-9-22-86-80(85)106)74(100)87-52-17-15-48(16-18-52)46-115-81(107)89(3)23-24-90(4)82(108)117-61-40-58-68(56-14-8-6-12-54(56)61)51(43-84)45-93(58)77(103)64-20-19-63(120-64)76(102)92-44-50(42-83)67-55-13-7-5-11-53(55)60(39-57(67)92)116-79-72(99)70(97)71(98)73(118-79)78(104)105/h5-8,11-20,39-40,47,49-51,62,69-73,79,97-99,119H,9-10,21-38,41-46H2,1-4H3,(H,87,100)(H,88,95)(H,104,105)(H3,85,86,106)/t49-,50-,51-,62?,69+,70?,71+,72+,73?,79-/m1/s1. The molecule has 3 unspecified atom stereocenters. The first kappa shape index (κ1) is 92.9. The number of urea groups is 1. The number of nitrogens with two attached hydrogens (primary N) is 1. The van der Waals surface area contributed by atoms with E-state index in [2.05, 4.69) is 28.6 Å². The molecule has 5 heterocycles. The summed E-state index contributed by atoms with van der Waals surface area (Å²) in [5.74, 6) is -5.88. The molecule has 0 aliphatic carbocycles. The van der Waals surface area contributed by atoms with Crippen LogP contribution in [0.1, 0.15) is 93.8 Å². The summed E-state index contributed by atoms with van der Waals surface area (Å²) in [7, 11) is 2.99. The van der Waals surface area contributed by atoms with Gasteiger partial charge < -0.3 is 109 Å².